The van der Waals surface area contributed by atoms with Gasteiger partial charge in [-0.15, -0.1) is 0 Å². The molecular formula is C23H26N2O10S. The average molecular weight is 523 g/mol. The summed E-state index contributed by atoms with van der Waals surface area (Å²) in [6.07, 6.45) is 1.33. The summed E-state index contributed by atoms with van der Waals surface area (Å²) >= 11 is 0. The third kappa shape index (κ3) is 4.91. The number of carbonyl (C=O) groups is 3. The fourth-order valence-corrected chi connectivity index (χ4v) is 5.18. The van der Waals surface area contributed by atoms with Crippen LogP contribution in [0.5, 0.6) is 23.0 Å². The molecule has 0 spiro atoms. The van der Waals surface area contributed by atoms with Gasteiger partial charge in [0.2, 0.25) is 11.0 Å². The average Bonchev–Trinajstić information content (AvgIpc) is 2.88. The van der Waals surface area contributed by atoms with Gasteiger partial charge < -0.3 is 23.7 Å². The SMILES string of the molecule is COC(=O)CN1C(=O)C(S(=O)(=O)C(C)COc2cc(OC)c(OC)c(OC)c2)C(=O)c2cccnc21. The van der Waals surface area contributed by atoms with Crippen molar-refractivity contribution < 1.29 is 46.5 Å². The molecule has 1 aromatic carbocycles. The standard InChI is InChI=1S/C23H26N2O10S/c1-13(12-35-14-9-16(31-2)20(34-5)17(10-14)32-3)36(29,30)21-19(27)15-7-6-8-24-22(15)25(23(21)28)11-18(26)33-4/h6-10,13,21H,11-12H2,1-5H3. The summed E-state index contributed by atoms with van der Waals surface area (Å²) in [4.78, 5) is 43.1. The summed E-state index contributed by atoms with van der Waals surface area (Å²) in [5, 5.41) is -3.36. The molecule has 1 aliphatic heterocycles. The Morgan fingerprint density at radius 2 is 1.72 bits per heavy atom. The van der Waals surface area contributed by atoms with E-state index in [9.17, 15) is 22.8 Å². The van der Waals surface area contributed by atoms with Crippen molar-refractivity contribution in [3.63, 3.8) is 0 Å². The van der Waals surface area contributed by atoms with Crippen LogP contribution < -0.4 is 23.8 Å². The van der Waals surface area contributed by atoms with Crippen molar-refractivity contribution in [1.82, 2.24) is 4.98 Å². The molecule has 194 valence electrons. The Kier molecular flexibility index (Phi) is 8.03. The van der Waals surface area contributed by atoms with Crippen LogP contribution in [0.1, 0.15) is 17.3 Å². The second-order valence-corrected chi connectivity index (χ2v) is 10.1. The number of sulfone groups is 1. The third-order valence-corrected chi connectivity index (χ3v) is 7.89. The highest BCUT2D eigenvalue weighted by Gasteiger charge is 2.50. The van der Waals surface area contributed by atoms with Gasteiger partial charge in [0.05, 0.1) is 39.3 Å². The van der Waals surface area contributed by atoms with Crippen molar-refractivity contribution in [2.45, 2.75) is 17.4 Å². The Labute approximate surface area is 208 Å². The predicted octanol–water partition coefficient (Wildman–Crippen LogP) is 1.06. The lowest BCUT2D eigenvalue weighted by atomic mass is 10.0. The largest absolute Gasteiger partial charge is 0.493 e. The van der Waals surface area contributed by atoms with Gasteiger partial charge in [-0.05, 0) is 19.1 Å². The van der Waals surface area contributed by atoms with E-state index in [1.807, 2.05) is 0 Å². The van der Waals surface area contributed by atoms with Crippen molar-refractivity contribution >= 4 is 33.3 Å². The fourth-order valence-electron chi connectivity index (χ4n) is 3.62. The van der Waals surface area contributed by atoms with Crippen LogP contribution in [-0.4, -0.2) is 83.2 Å². The Morgan fingerprint density at radius 1 is 1.08 bits per heavy atom. The first-order chi connectivity index (χ1) is 17.1. The molecule has 0 bridgehead atoms. The first kappa shape index (κ1) is 26.7. The summed E-state index contributed by atoms with van der Waals surface area (Å²) in [6.45, 7) is 0.321. The van der Waals surface area contributed by atoms with Crippen LogP contribution in [0.15, 0.2) is 30.5 Å². The minimum Gasteiger partial charge on any atom is -0.493 e. The van der Waals surface area contributed by atoms with Gasteiger partial charge in [0.15, 0.2) is 27.1 Å². The van der Waals surface area contributed by atoms with E-state index in [1.165, 1.54) is 58.7 Å². The van der Waals surface area contributed by atoms with E-state index in [-0.39, 0.29) is 17.1 Å². The second-order valence-electron chi connectivity index (χ2n) is 7.69. The summed E-state index contributed by atoms with van der Waals surface area (Å²) in [5.74, 6) is -1.79. The summed E-state index contributed by atoms with van der Waals surface area (Å²) in [5.41, 5.74) is -0.0904. The molecular weight excluding hydrogens is 496 g/mol. The molecule has 0 aliphatic carbocycles. The first-order valence-corrected chi connectivity index (χ1v) is 12.2. The zero-order chi connectivity index (χ0) is 26.6. The summed E-state index contributed by atoms with van der Waals surface area (Å²) in [6, 6.07) is 5.75. The number of anilines is 1. The van der Waals surface area contributed by atoms with Gasteiger partial charge in [-0.1, -0.05) is 0 Å². The molecule has 0 saturated heterocycles. The highest BCUT2D eigenvalue weighted by atomic mass is 32.2. The van der Waals surface area contributed by atoms with Crippen LogP contribution in [0.4, 0.5) is 5.82 Å². The van der Waals surface area contributed by atoms with E-state index in [0.29, 0.717) is 17.2 Å². The minimum atomic E-state index is -4.43. The van der Waals surface area contributed by atoms with E-state index < -0.39 is 51.1 Å². The monoisotopic (exact) mass is 522 g/mol. The lowest BCUT2D eigenvalue weighted by molar-refractivity contribution is -0.140. The van der Waals surface area contributed by atoms with Crippen LogP contribution in [0, 0.1) is 0 Å². The smallest absolute Gasteiger partial charge is 0.325 e. The quantitative estimate of drug-likeness (QED) is 0.326. The molecule has 3 rings (SSSR count). The molecule has 2 unspecified atom stereocenters. The maximum Gasteiger partial charge on any atom is 0.325 e. The number of fused-ring (bicyclic) bond motifs is 1. The molecule has 2 atom stereocenters. The molecule has 2 heterocycles. The second kappa shape index (κ2) is 10.8. The van der Waals surface area contributed by atoms with Gasteiger partial charge in [-0.25, -0.2) is 13.4 Å². The maximum absolute atomic E-state index is 13.4. The minimum absolute atomic E-state index is 0.0904. The van der Waals surface area contributed by atoms with Crippen LogP contribution in [0.25, 0.3) is 0 Å². The van der Waals surface area contributed by atoms with E-state index >= 15 is 0 Å². The number of aromatic nitrogens is 1. The number of Topliss-reactive ketones (excluding diaryl/α,β-unsaturated/α-hetero) is 1. The van der Waals surface area contributed by atoms with Gasteiger partial charge in [0.1, 0.15) is 24.7 Å². The maximum atomic E-state index is 13.4. The van der Waals surface area contributed by atoms with Crippen LogP contribution in [0.2, 0.25) is 0 Å². The molecule has 1 aliphatic rings. The lowest BCUT2D eigenvalue weighted by Crippen LogP contribution is -2.55. The Morgan fingerprint density at radius 3 is 2.28 bits per heavy atom. The molecule has 1 amide bonds. The lowest BCUT2D eigenvalue weighted by Gasteiger charge is -2.32. The number of benzene rings is 1. The van der Waals surface area contributed by atoms with Crippen LogP contribution in [-0.2, 0) is 24.2 Å². The number of rotatable bonds is 10. The van der Waals surface area contributed by atoms with E-state index in [0.717, 1.165) is 12.0 Å². The Bertz CT molecular complexity index is 1250. The zero-order valence-corrected chi connectivity index (χ0v) is 21.2. The van der Waals surface area contributed by atoms with Gasteiger partial charge in [-0.3, -0.25) is 19.3 Å². The molecule has 0 saturated carbocycles. The molecule has 36 heavy (non-hydrogen) atoms. The Balaban J connectivity index is 1.90. The molecule has 0 fully saturated rings. The topological polar surface area (TPSA) is 148 Å². The van der Waals surface area contributed by atoms with E-state index in [2.05, 4.69) is 9.72 Å². The highest BCUT2D eigenvalue weighted by Crippen LogP contribution is 2.41. The number of carbonyl (C=O) groups excluding carboxylic acids is 3. The number of hydrogen-bond donors (Lipinski definition) is 0. The molecule has 13 heteroatoms. The molecule has 0 N–H and O–H groups in total. The van der Waals surface area contributed by atoms with E-state index in [1.54, 1.807) is 0 Å². The van der Waals surface area contributed by atoms with Crippen molar-refractivity contribution in [2.24, 2.45) is 0 Å². The van der Waals surface area contributed by atoms with Gasteiger partial charge in [-0.2, -0.15) is 0 Å². The number of methoxy groups -OCH3 is 4. The van der Waals surface area contributed by atoms with Gasteiger partial charge >= 0.3 is 5.97 Å². The van der Waals surface area contributed by atoms with Crippen molar-refractivity contribution in [1.29, 1.82) is 0 Å². The molecule has 12 nitrogen and oxygen atoms in total. The molecule has 0 radical (unpaired) electrons. The third-order valence-electron chi connectivity index (χ3n) is 5.56. The van der Waals surface area contributed by atoms with Crippen molar-refractivity contribution in [2.75, 3.05) is 46.5 Å². The number of nitrogens with zero attached hydrogens (tertiary/aromatic N) is 2. The zero-order valence-electron chi connectivity index (χ0n) is 20.3. The number of hydrogen-bond acceptors (Lipinski definition) is 11. The fraction of sp³-hybridized carbons (Fsp3) is 0.391. The van der Waals surface area contributed by atoms with E-state index in [4.69, 9.17) is 18.9 Å². The predicted molar refractivity (Wildman–Crippen MR) is 127 cm³/mol. The van der Waals surface area contributed by atoms with Gasteiger partial charge in [0.25, 0.3) is 5.91 Å². The first-order valence-electron chi connectivity index (χ1n) is 10.6. The van der Waals surface area contributed by atoms with Crippen molar-refractivity contribution in [3.8, 4) is 23.0 Å². The number of ether oxygens (including phenoxy) is 5. The number of esters is 1. The number of amides is 1. The molecule has 2 aromatic rings. The highest BCUT2D eigenvalue weighted by molar-refractivity contribution is 7.94. The summed E-state index contributed by atoms with van der Waals surface area (Å²) in [7, 11) is 0.969. The normalized spacial score (nSPS) is 16.1. The number of pyridine rings is 1. The van der Waals surface area contributed by atoms with Crippen molar-refractivity contribution in [3.05, 3.63) is 36.0 Å². The molecule has 1 aromatic heterocycles. The summed E-state index contributed by atoms with van der Waals surface area (Å²) < 4.78 is 52.9. The van der Waals surface area contributed by atoms with Crippen LogP contribution >= 0.6 is 0 Å². The van der Waals surface area contributed by atoms with Crippen LogP contribution in [0.3, 0.4) is 0 Å². The Hall–Kier alpha value is -3.87. The number of ketones is 1. The van der Waals surface area contributed by atoms with Gasteiger partial charge in [0, 0.05) is 18.3 Å².